The van der Waals surface area contributed by atoms with Crippen LogP contribution in [0.3, 0.4) is 0 Å². The van der Waals surface area contributed by atoms with E-state index in [4.69, 9.17) is 4.52 Å². The molecule has 21 heavy (non-hydrogen) atoms. The van der Waals surface area contributed by atoms with Crippen LogP contribution in [0.4, 0.5) is 0 Å². The molecule has 7 nitrogen and oxygen atoms in total. The number of carbonyl (C=O) groups excluding carboxylic acids is 1. The van der Waals surface area contributed by atoms with Crippen molar-refractivity contribution < 1.29 is 19.2 Å². The van der Waals surface area contributed by atoms with E-state index in [1.807, 2.05) is 0 Å². The highest BCUT2D eigenvalue weighted by molar-refractivity contribution is 5.98. The van der Waals surface area contributed by atoms with Gasteiger partial charge in [-0.2, -0.15) is 0 Å². The van der Waals surface area contributed by atoms with Gasteiger partial charge in [0.05, 0.1) is 16.6 Å². The number of carboxylic acids is 1. The van der Waals surface area contributed by atoms with Gasteiger partial charge in [-0.3, -0.25) is 4.79 Å². The summed E-state index contributed by atoms with van der Waals surface area (Å²) in [5.41, 5.74) is 0.628. The maximum atomic E-state index is 12.2. The number of carboxylic acid groups (broad SMARTS) is 1. The Labute approximate surface area is 121 Å². The second kappa shape index (κ2) is 5.16. The Balaban J connectivity index is 2.29. The van der Waals surface area contributed by atoms with Gasteiger partial charge in [-0.15, -0.1) is 0 Å². The highest BCUT2D eigenvalue weighted by atomic mass is 16.5. The van der Waals surface area contributed by atoms with E-state index < -0.39 is 23.3 Å². The predicted molar refractivity (Wildman–Crippen MR) is 74.9 cm³/mol. The maximum Gasteiger partial charge on any atom is 0.326 e. The number of amides is 1. The Kier molecular flexibility index (Phi) is 3.67. The number of pyridine rings is 1. The van der Waals surface area contributed by atoms with Gasteiger partial charge in [0, 0.05) is 6.20 Å². The number of nitrogens with zero attached hydrogens (tertiary/aromatic N) is 2. The molecule has 0 aliphatic heterocycles. The molecule has 7 heteroatoms. The smallest absolute Gasteiger partial charge is 0.326 e. The third kappa shape index (κ3) is 3.01. The van der Waals surface area contributed by atoms with Crippen LogP contribution in [0.2, 0.25) is 0 Å². The Morgan fingerprint density at radius 3 is 2.62 bits per heavy atom. The van der Waals surface area contributed by atoms with E-state index in [0.29, 0.717) is 16.8 Å². The van der Waals surface area contributed by atoms with Crippen molar-refractivity contribution in [3.63, 3.8) is 0 Å². The van der Waals surface area contributed by atoms with E-state index >= 15 is 0 Å². The number of nitrogens with one attached hydrogen (secondary N) is 1. The minimum absolute atomic E-state index is 0.268. The molecule has 2 heterocycles. The van der Waals surface area contributed by atoms with Gasteiger partial charge in [0.2, 0.25) is 0 Å². The van der Waals surface area contributed by atoms with Gasteiger partial charge in [-0.1, -0.05) is 25.9 Å². The molecule has 0 aliphatic rings. The van der Waals surface area contributed by atoms with Crippen LogP contribution in [0, 0.1) is 12.3 Å². The Morgan fingerprint density at radius 2 is 2.05 bits per heavy atom. The van der Waals surface area contributed by atoms with Gasteiger partial charge >= 0.3 is 5.97 Å². The summed E-state index contributed by atoms with van der Waals surface area (Å²) in [6, 6.07) is 0.592. The fourth-order valence-corrected chi connectivity index (χ4v) is 1.93. The molecule has 2 N–H and O–H groups in total. The first kappa shape index (κ1) is 15.0. The van der Waals surface area contributed by atoms with Crippen LogP contribution in [0.15, 0.2) is 16.8 Å². The summed E-state index contributed by atoms with van der Waals surface area (Å²) in [7, 11) is 0. The molecular formula is C14H17N3O4. The molecular weight excluding hydrogens is 274 g/mol. The van der Waals surface area contributed by atoms with Crippen molar-refractivity contribution in [2.45, 2.75) is 33.7 Å². The van der Waals surface area contributed by atoms with Gasteiger partial charge in [-0.05, 0) is 18.4 Å². The zero-order valence-corrected chi connectivity index (χ0v) is 12.3. The molecule has 1 amide bonds. The lowest BCUT2D eigenvalue weighted by Gasteiger charge is -2.27. The second-order valence-electron chi connectivity index (χ2n) is 5.96. The number of rotatable bonds is 3. The molecule has 0 aliphatic carbocycles. The number of hydrogen-bond acceptors (Lipinski definition) is 5. The molecule has 112 valence electrons. The number of aryl methyl sites for hydroxylation is 1. The lowest BCUT2D eigenvalue weighted by molar-refractivity contribution is -0.142. The van der Waals surface area contributed by atoms with Crippen LogP contribution < -0.4 is 5.32 Å². The van der Waals surface area contributed by atoms with Crippen LogP contribution in [0.1, 0.15) is 36.8 Å². The van der Waals surface area contributed by atoms with Crippen molar-refractivity contribution >= 4 is 23.0 Å². The normalized spacial score (nSPS) is 13.1. The van der Waals surface area contributed by atoms with Gasteiger partial charge < -0.3 is 14.9 Å². The summed E-state index contributed by atoms with van der Waals surface area (Å²) in [5.74, 6) is -1.57. The SMILES string of the molecule is Cc1noc2ncc(C(=O)N[C@H](C(=O)O)C(C)(C)C)cc12. The molecule has 0 saturated carbocycles. The second-order valence-corrected chi connectivity index (χ2v) is 5.96. The number of aromatic nitrogens is 2. The van der Waals surface area contributed by atoms with E-state index in [1.54, 1.807) is 33.8 Å². The molecule has 1 atom stereocenters. The van der Waals surface area contributed by atoms with Crippen molar-refractivity contribution in [1.82, 2.24) is 15.5 Å². The topological polar surface area (TPSA) is 105 Å². The van der Waals surface area contributed by atoms with E-state index in [1.165, 1.54) is 6.20 Å². The number of aliphatic carboxylic acids is 1. The highest BCUT2D eigenvalue weighted by Gasteiger charge is 2.32. The molecule has 0 spiro atoms. The van der Waals surface area contributed by atoms with E-state index in [9.17, 15) is 14.7 Å². The molecule has 0 fully saturated rings. The zero-order valence-electron chi connectivity index (χ0n) is 12.3. The van der Waals surface area contributed by atoms with Crippen molar-refractivity contribution in [3.05, 3.63) is 23.5 Å². The average Bonchev–Trinajstić information content (AvgIpc) is 2.75. The summed E-state index contributed by atoms with van der Waals surface area (Å²) >= 11 is 0. The summed E-state index contributed by atoms with van der Waals surface area (Å²) in [5, 5.41) is 16.1. The minimum Gasteiger partial charge on any atom is -0.480 e. The Bertz CT molecular complexity index is 700. The highest BCUT2D eigenvalue weighted by Crippen LogP contribution is 2.21. The van der Waals surface area contributed by atoms with Crippen LogP contribution in [-0.4, -0.2) is 33.2 Å². The van der Waals surface area contributed by atoms with Gasteiger partial charge in [-0.25, -0.2) is 9.78 Å². The summed E-state index contributed by atoms with van der Waals surface area (Å²) < 4.78 is 4.97. The maximum absolute atomic E-state index is 12.2. The molecule has 0 unspecified atom stereocenters. The third-order valence-corrected chi connectivity index (χ3v) is 3.16. The summed E-state index contributed by atoms with van der Waals surface area (Å²) in [4.78, 5) is 27.5. The fraction of sp³-hybridized carbons (Fsp3) is 0.429. The zero-order chi connectivity index (χ0) is 15.8. The number of hydrogen-bond donors (Lipinski definition) is 2. The lowest BCUT2D eigenvalue weighted by atomic mass is 9.86. The molecule has 0 bridgehead atoms. The van der Waals surface area contributed by atoms with Gasteiger partial charge in [0.25, 0.3) is 11.6 Å². The molecule has 0 aromatic carbocycles. The minimum atomic E-state index is -1.08. The molecule has 0 saturated heterocycles. The van der Waals surface area contributed by atoms with Crippen LogP contribution in [0.5, 0.6) is 0 Å². The first-order valence-corrected chi connectivity index (χ1v) is 6.46. The lowest BCUT2D eigenvalue weighted by Crippen LogP contribution is -2.49. The van der Waals surface area contributed by atoms with Crippen LogP contribution in [0.25, 0.3) is 11.1 Å². The van der Waals surface area contributed by atoms with E-state index in [2.05, 4.69) is 15.5 Å². The quantitative estimate of drug-likeness (QED) is 0.892. The van der Waals surface area contributed by atoms with Crippen molar-refractivity contribution in [3.8, 4) is 0 Å². The van der Waals surface area contributed by atoms with Crippen molar-refractivity contribution in [2.24, 2.45) is 5.41 Å². The Hall–Kier alpha value is -2.44. The van der Waals surface area contributed by atoms with Crippen molar-refractivity contribution in [2.75, 3.05) is 0 Å². The van der Waals surface area contributed by atoms with Crippen LogP contribution >= 0.6 is 0 Å². The molecule has 2 aromatic heterocycles. The molecule has 2 rings (SSSR count). The first-order valence-electron chi connectivity index (χ1n) is 6.46. The van der Waals surface area contributed by atoms with E-state index in [-0.39, 0.29) is 5.56 Å². The predicted octanol–water partition coefficient (Wildman–Crippen LogP) is 1.76. The Morgan fingerprint density at radius 1 is 1.38 bits per heavy atom. The van der Waals surface area contributed by atoms with Crippen molar-refractivity contribution in [1.29, 1.82) is 0 Å². The molecule has 2 aromatic rings. The first-order chi connectivity index (χ1) is 9.70. The van der Waals surface area contributed by atoms with Crippen LogP contribution in [-0.2, 0) is 4.79 Å². The fourth-order valence-electron chi connectivity index (χ4n) is 1.93. The van der Waals surface area contributed by atoms with Gasteiger partial charge in [0.15, 0.2) is 0 Å². The monoisotopic (exact) mass is 291 g/mol. The summed E-state index contributed by atoms with van der Waals surface area (Å²) in [6.07, 6.45) is 1.34. The van der Waals surface area contributed by atoms with Gasteiger partial charge in [0.1, 0.15) is 6.04 Å². The average molecular weight is 291 g/mol. The third-order valence-electron chi connectivity index (χ3n) is 3.16. The molecule has 0 radical (unpaired) electrons. The summed E-state index contributed by atoms with van der Waals surface area (Å²) in [6.45, 7) is 6.98. The standard InChI is InChI=1S/C14H17N3O4/c1-7-9-5-8(6-15-12(9)21-17-7)11(18)16-10(13(19)20)14(2,3)4/h5-6,10H,1-4H3,(H,16,18)(H,19,20)/t10-/m1/s1. The largest absolute Gasteiger partial charge is 0.480 e. The number of carbonyl (C=O) groups is 2. The van der Waals surface area contributed by atoms with E-state index in [0.717, 1.165) is 0 Å². The number of fused-ring (bicyclic) bond motifs is 1.